The number of nitrogens with zero attached hydrogens (tertiary/aromatic N) is 1. The summed E-state index contributed by atoms with van der Waals surface area (Å²) in [6.07, 6.45) is 0. The molecule has 19 heavy (non-hydrogen) atoms. The van der Waals surface area contributed by atoms with E-state index in [1.807, 2.05) is 19.2 Å². The average molecular weight is 264 g/mol. The van der Waals surface area contributed by atoms with Gasteiger partial charge < -0.3 is 15.0 Å². The van der Waals surface area contributed by atoms with Gasteiger partial charge >= 0.3 is 0 Å². The molecule has 2 unspecified atom stereocenters. The van der Waals surface area contributed by atoms with Crippen LogP contribution in [-0.2, 0) is 0 Å². The Balaban J connectivity index is 3.03. The molecule has 0 aliphatic rings. The molecule has 0 aliphatic heterocycles. The minimum absolute atomic E-state index is 0.415. The van der Waals surface area contributed by atoms with Crippen LogP contribution in [0.25, 0.3) is 0 Å². The van der Waals surface area contributed by atoms with Crippen LogP contribution in [0.1, 0.15) is 25.5 Å². The van der Waals surface area contributed by atoms with E-state index in [1.54, 1.807) is 7.11 Å². The van der Waals surface area contributed by atoms with Crippen molar-refractivity contribution in [1.82, 2.24) is 10.2 Å². The second-order valence-electron chi connectivity index (χ2n) is 5.65. The van der Waals surface area contributed by atoms with Gasteiger partial charge in [0.1, 0.15) is 5.75 Å². The molecule has 108 valence electrons. The molecule has 0 bridgehead atoms. The minimum Gasteiger partial charge on any atom is -0.497 e. The summed E-state index contributed by atoms with van der Waals surface area (Å²) >= 11 is 0. The van der Waals surface area contributed by atoms with E-state index in [1.165, 1.54) is 5.56 Å². The van der Waals surface area contributed by atoms with E-state index >= 15 is 0 Å². The molecule has 0 aliphatic carbocycles. The van der Waals surface area contributed by atoms with Gasteiger partial charge in [0.05, 0.1) is 7.11 Å². The van der Waals surface area contributed by atoms with Crippen molar-refractivity contribution in [3.63, 3.8) is 0 Å². The van der Waals surface area contributed by atoms with Gasteiger partial charge in [-0.1, -0.05) is 26.0 Å². The fourth-order valence-corrected chi connectivity index (χ4v) is 2.68. The van der Waals surface area contributed by atoms with Crippen molar-refractivity contribution in [2.45, 2.75) is 19.9 Å². The average Bonchev–Trinajstić information content (AvgIpc) is 2.38. The highest BCUT2D eigenvalue weighted by Crippen LogP contribution is 2.32. The third kappa shape index (κ3) is 4.22. The minimum atomic E-state index is 0.415. The number of nitrogens with one attached hydrogen (secondary N) is 1. The van der Waals surface area contributed by atoms with Crippen molar-refractivity contribution in [3.8, 4) is 5.75 Å². The highest BCUT2D eigenvalue weighted by atomic mass is 16.5. The summed E-state index contributed by atoms with van der Waals surface area (Å²) in [4.78, 5) is 2.31. The van der Waals surface area contributed by atoms with Crippen molar-refractivity contribution < 1.29 is 4.74 Å². The van der Waals surface area contributed by atoms with Crippen LogP contribution in [-0.4, -0.2) is 39.7 Å². The number of rotatable bonds is 7. The molecular formula is C16H28N2O. The normalized spacial score (nSPS) is 14.7. The van der Waals surface area contributed by atoms with Gasteiger partial charge in [0.25, 0.3) is 0 Å². The predicted molar refractivity (Wildman–Crippen MR) is 81.7 cm³/mol. The number of hydrogen-bond acceptors (Lipinski definition) is 3. The summed E-state index contributed by atoms with van der Waals surface area (Å²) in [5, 5.41) is 3.33. The molecule has 0 spiro atoms. The Morgan fingerprint density at radius 3 is 2.11 bits per heavy atom. The van der Waals surface area contributed by atoms with Gasteiger partial charge in [-0.25, -0.2) is 0 Å². The van der Waals surface area contributed by atoms with Crippen LogP contribution in [0.3, 0.4) is 0 Å². The molecule has 1 N–H and O–H groups in total. The van der Waals surface area contributed by atoms with Gasteiger partial charge in [-0.3, -0.25) is 0 Å². The first kappa shape index (κ1) is 16.0. The maximum Gasteiger partial charge on any atom is 0.118 e. The topological polar surface area (TPSA) is 24.5 Å². The molecule has 0 saturated carbocycles. The predicted octanol–water partition coefficient (Wildman–Crippen LogP) is 2.79. The molecule has 0 aromatic heterocycles. The van der Waals surface area contributed by atoms with Crippen LogP contribution in [0.15, 0.2) is 24.3 Å². The zero-order valence-corrected chi connectivity index (χ0v) is 13.1. The van der Waals surface area contributed by atoms with E-state index in [4.69, 9.17) is 4.74 Å². The molecule has 3 nitrogen and oxygen atoms in total. The summed E-state index contributed by atoms with van der Waals surface area (Å²) in [6, 6.07) is 8.85. The monoisotopic (exact) mass is 264 g/mol. The number of methoxy groups -OCH3 is 1. The largest absolute Gasteiger partial charge is 0.497 e. The lowest BCUT2D eigenvalue weighted by Gasteiger charge is -2.35. The van der Waals surface area contributed by atoms with E-state index < -0.39 is 0 Å². The third-order valence-electron chi connectivity index (χ3n) is 3.72. The number of benzene rings is 1. The number of ether oxygens (including phenoxy) is 1. The Morgan fingerprint density at radius 1 is 1.16 bits per heavy atom. The van der Waals surface area contributed by atoms with Gasteiger partial charge in [0.2, 0.25) is 0 Å². The van der Waals surface area contributed by atoms with Crippen LogP contribution in [0, 0.1) is 11.8 Å². The second kappa shape index (κ2) is 7.51. The van der Waals surface area contributed by atoms with Crippen molar-refractivity contribution >= 4 is 0 Å². The zero-order valence-electron chi connectivity index (χ0n) is 13.1. The van der Waals surface area contributed by atoms with Crippen LogP contribution in [0.2, 0.25) is 0 Å². The highest BCUT2D eigenvalue weighted by Gasteiger charge is 2.27. The van der Waals surface area contributed by atoms with Crippen molar-refractivity contribution in [1.29, 1.82) is 0 Å². The van der Waals surface area contributed by atoms with Crippen molar-refractivity contribution in [3.05, 3.63) is 29.8 Å². The Hall–Kier alpha value is -1.06. The fraction of sp³-hybridized carbons (Fsp3) is 0.625. The van der Waals surface area contributed by atoms with Crippen LogP contribution in [0.4, 0.5) is 0 Å². The highest BCUT2D eigenvalue weighted by molar-refractivity contribution is 5.29. The Bertz CT molecular complexity index is 360. The van der Waals surface area contributed by atoms with Crippen LogP contribution in [0.5, 0.6) is 5.75 Å². The van der Waals surface area contributed by atoms with Gasteiger partial charge in [-0.15, -0.1) is 0 Å². The smallest absolute Gasteiger partial charge is 0.118 e. The lowest BCUT2D eigenvalue weighted by Crippen LogP contribution is -2.36. The molecule has 1 aromatic rings. The van der Waals surface area contributed by atoms with Gasteiger partial charge in [0, 0.05) is 6.04 Å². The SMILES string of the molecule is CNCC(C(C)C)C(c1ccc(OC)cc1)N(C)C. The Morgan fingerprint density at radius 2 is 1.74 bits per heavy atom. The Labute approximate surface area is 118 Å². The summed E-state index contributed by atoms with van der Waals surface area (Å²) in [6.45, 7) is 5.61. The molecule has 0 saturated heterocycles. The fourth-order valence-electron chi connectivity index (χ4n) is 2.68. The summed E-state index contributed by atoms with van der Waals surface area (Å²) in [5.74, 6) is 2.12. The van der Waals surface area contributed by atoms with E-state index in [-0.39, 0.29) is 0 Å². The third-order valence-corrected chi connectivity index (χ3v) is 3.72. The molecule has 1 aromatic carbocycles. The Kier molecular flexibility index (Phi) is 6.32. The second-order valence-corrected chi connectivity index (χ2v) is 5.65. The van der Waals surface area contributed by atoms with Crippen molar-refractivity contribution in [2.75, 3.05) is 34.8 Å². The first-order valence-electron chi connectivity index (χ1n) is 6.96. The first-order chi connectivity index (χ1) is 9.01. The lowest BCUT2D eigenvalue weighted by atomic mass is 9.83. The molecular weight excluding hydrogens is 236 g/mol. The summed E-state index contributed by atoms with van der Waals surface area (Å²) in [5.41, 5.74) is 1.35. The molecule has 0 amide bonds. The maximum absolute atomic E-state index is 5.24. The first-order valence-corrected chi connectivity index (χ1v) is 6.96. The zero-order chi connectivity index (χ0) is 14.4. The quantitative estimate of drug-likeness (QED) is 0.819. The van der Waals surface area contributed by atoms with Gasteiger partial charge in [0.15, 0.2) is 0 Å². The standard InChI is InChI=1S/C16H28N2O/c1-12(2)15(11-17-3)16(18(4)5)13-7-9-14(19-6)10-8-13/h7-10,12,15-17H,11H2,1-6H3. The summed E-state index contributed by atoms with van der Waals surface area (Å²) in [7, 11) is 8.03. The van der Waals surface area contributed by atoms with Crippen LogP contribution < -0.4 is 10.1 Å². The van der Waals surface area contributed by atoms with Crippen LogP contribution >= 0.6 is 0 Å². The van der Waals surface area contributed by atoms with E-state index in [0.717, 1.165) is 12.3 Å². The molecule has 3 heteroatoms. The number of hydrogen-bond donors (Lipinski definition) is 1. The van der Waals surface area contributed by atoms with Gasteiger partial charge in [-0.2, -0.15) is 0 Å². The van der Waals surface area contributed by atoms with E-state index in [2.05, 4.69) is 50.3 Å². The molecule has 1 rings (SSSR count). The molecule has 0 radical (unpaired) electrons. The lowest BCUT2D eigenvalue weighted by molar-refractivity contribution is 0.169. The van der Waals surface area contributed by atoms with E-state index in [9.17, 15) is 0 Å². The maximum atomic E-state index is 5.24. The molecule has 0 heterocycles. The molecule has 2 atom stereocenters. The van der Waals surface area contributed by atoms with Gasteiger partial charge in [-0.05, 0) is 57.2 Å². The molecule has 0 fully saturated rings. The van der Waals surface area contributed by atoms with Crippen molar-refractivity contribution in [2.24, 2.45) is 11.8 Å². The van der Waals surface area contributed by atoms with E-state index in [0.29, 0.717) is 17.9 Å². The summed E-state index contributed by atoms with van der Waals surface area (Å²) < 4.78 is 5.24.